The molecule has 0 radical (unpaired) electrons. The molecule has 1 aliphatic rings. The zero-order valence-corrected chi connectivity index (χ0v) is 13.8. The van der Waals surface area contributed by atoms with E-state index in [0.29, 0.717) is 19.0 Å². The van der Waals surface area contributed by atoms with Crippen molar-refractivity contribution in [2.24, 2.45) is 5.92 Å². The van der Waals surface area contributed by atoms with Crippen molar-refractivity contribution < 1.29 is 9.59 Å². The second-order valence-electron chi connectivity index (χ2n) is 6.20. The van der Waals surface area contributed by atoms with Crippen molar-refractivity contribution in [1.82, 2.24) is 10.2 Å². The van der Waals surface area contributed by atoms with Crippen LogP contribution in [-0.2, 0) is 4.79 Å². The fraction of sp³-hybridized carbons (Fsp3) is 0.529. The van der Waals surface area contributed by atoms with Crippen LogP contribution in [0.15, 0.2) is 18.2 Å². The Balaban J connectivity index is 2.01. The quantitative estimate of drug-likeness (QED) is 0.902. The van der Waals surface area contributed by atoms with Gasteiger partial charge in [0.05, 0.1) is 5.92 Å². The van der Waals surface area contributed by atoms with E-state index in [-0.39, 0.29) is 17.9 Å². The number of amides is 3. The Hall–Kier alpha value is -2.04. The molecule has 120 valence electrons. The van der Waals surface area contributed by atoms with Gasteiger partial charge in [-0.1, -0.05) is 19.9 Å². The highest BCUT2D eigenvalue weighted by Crippen LogP contribution is 2.24. The van der Waals surface area contributed by atoms with Crippen LogP contribution in [0.4, 0.5) is 10.5 Å². The Morgan fingerprint density at radius 3 is 2.68 bits per heavy atom. The van der Waals surface area contributed by atoms with Crippen LogP contribution in [0.2, 0.25) is 0 Å². The van der Waals surface area contributed by atoms with E-state index in [0.717, 1.165) is 12.1 Å². The van der Waals surface area contributed by atoms with Crippen LogP contribution in [0.25, 0.3) is 0 Å². The first kappa shape index (κ1) is 16.3. The lowest BCUT2D eigenvalue weighted by atomic mass is 9.97. The van der Waals surface area contributed by atoms with E-state index in [1.807, 2.05) is 18.2 Å². The van der Waals surface area contributed by atoms with Crippen molar-refractivity contribution in [2.45, 2.75) is 33.1 Å². The number of anilines is 1. The van der Waals surface area contributed by atoms with Crippen LogP contribution < -0.4 is 10.6 Å². The van der Waals surface area contributed by atoms with E-state index >= 15 is 0 Å². The molecule has 22 heavy (non-hydrogen) atoms. The summed E-state index contributed by atoms with van der Waals surface area (Å²) in [7, 11) is 1.63. The second-order valence-corrected chi connectivity index (χ2v) is 6.20. The fourth-order valence-corrected chi connectivity index (χ4v) is 2.91. The van der Waals surface area contributed by atoms with E-state index < -0.39 is 0 Å². The number of nitrogens with zero attached hydrogens (tertiary/aromatic N) is 1. The third-order valence-electron chi connectivity index (χ3n) is 4.25. The summed E-state index contributed by atoms with van der Waals surface area (Å²) < 4.78 is 0. The summed E-state index contributed by atoms with van der Waals surface area (Å²) in [5.41, 5.74) is 3.28. The molecule has 5 heteroatoms. The Morgan fingerprint density at radius 1 is 1.32 bits per heavy atom. The molecule has 1 saturated heterocycles. The minimum atomic E-state index is -0.134. The lowest BCUT2D eigenvalue weighted by Crippen LogP contribution is -2.35. The molecule has 5 nitrogen and oxygen atoms in total. The number of rotatable bonds is 3. The first-order chi connectivity index (χ1) is 10.4. The van der Waals surface area contributed by atoms with Gasteiger partial charge in [0.15, 0.2) is 0 Å². The third kappa shape index (κ3) is 3.59. The standard InChI is InChI=1S/C17H25N3O2/c1-11(2)15-9-14(6-5-12(15)3)19-17(22)20-8-7-13(10-20)16(21)18-4/h5-6,9,11,13H,7-8,10H2,1-4H3,(H,18,21)(H,19,22). The number of benzene rings is 1. The molecular weight excluding hydrogens is 278 g/mol. The minimum Gasteiger partial charge on any atom is -0.359 e. The number of likely N-dealkylation sites (tertiary alicyclic amines) is 1. The summed E-state index contributed by atoms with van der Waals surface area (Å²) in [6.07, 6.45) is 0.720. The molecule has 1 aromatic rings. The number of hydrogen-bond acceptors (Lipinski definition) is 2. The van der Waals surface area contributed by atoms with Gasteiger partial charge < -0.3 is 15.5 Å². The summed E-state index contributed by atoms with van der Waals surface area (Å²) in [4.78, 5) is 25.7. The molecule has 1 aromatic carbocycles. The molecule has 1 fully saturated rings. The number of carbonyl (C=O) groups excluding carboxylic acids is 2. The van der Waals surface area contributed by atoms with Gasteiger partial charge in [-0.2, -0.15) is 0 Å². The van der Waals surface area contributed by atoms with E-state index in [2.05, 4.69) is 31.4 Å². The van der Waals surface area contributed by atoms with E-state index in [9.17, 15) is 9.59 Å². The molecule has 2 N–H and O–H groups in total. The van der Waals surface area contributed by atoms with Crippen molar-refractivity contribution >= 4 is 17.6 Å². The van der Waals surface area contributed by atoms with Gasteiger partial charge >= 0.3 is 6.03 Å². The van der Waals surface area contributed by atoms with E-state index in [1.165, 1.54) is 11.1 Å². The maximum atomic E-state index is 12.3. The summed E-state index contributed by atoms with van der Waals surface area (Å²) >= 11 is 0. The Bertz CT molecular complexity index is 569. The second kappa shape index (κ2) is 6.81. The molecule has 0 spiro atoms. The maximum absolute atomic E-state index is 12.3. The summed E-state index contributed by atoms with van der Waals surface area (Å²) in [5.74, 6) is 0.328. The molecule has 1 atom stereocenters. The lowest BCUT2D eigenvalue weighted by Gasteiger charge is -2.18. The van der Waals surface area contributed by atoms with Gasteiger partial charge in [-0.3, -0.25) is 4.79 Å². The first-order valence-electron chi connectivity index (χ1n) is 7.80. The normalized spacial score (nSPS) is 17.7. The number of hydrogen-bond donors (Lipinski definition) is 2. The molecule has 2 rings (SSSR count). The first-order valence-corrected chi connectivity index (χ1v) is 7.80. The highest BCUT2D eigenvalue weighted by molar-refractivity contribution is 5.90. The fourth-order valence-electron chi connectivity index (χ4n) is 2.91. The van der Waals surface area contributed by atoms with Crippen LogP contribution in [0.5, 0.6) is 0 Å². The van der Waals surface area contributed by atoms with Crippen LogP contribution in [-0.4, -0.2) is 37.0 Å². The lowest BCUT2D eigenvalue weighted by molar-refractivity contribution is -0.124. The van der Waals surface area contributed by atoms with Crippen molar-refractivity contribution in [2.75, 3.05) is 25.5 Å². The van der Waals surface area contributed by atoms with Gasteiger partial charge in [0.1, 0.15) is 0 Å². The maximum Gasteiger partial charge on any atom is 0.321 e. The van der Waals surface area contributed by atoms with Gasteiger partial charge in [0.25, 0.3) is 0 Å². The van der Waals surface area contributed by atoms with Gasteiger partial charge in [0, 0.05) is 25.8 Å². The molecule has 1 heterocycles. The highest BCUT2D eigenvalue weighted by Gasteiger charge is 2.30. The number of urea groups is 1. The Morgan fingerprint density at radius 2 is 2.05 bits per heavy atom. The summed E-state index contributed by atoms with van der Waals surface area (Å²) in [6, 6.07) is 5.85. The zero-order chi connectivity index (χ0) is 16.3. The van der Waals surface area contributed by atoms with Crippen molar-refractivity contribution in [3.05, 3.63) is 29.3 Å². The minimum absolute atomic E-state index is 0.00716. The average molecular weight is 303 g/mol. The van der Waals surface area contributed by atoms with Gasteiger partial charge in [-0.05, 0) is 42.5 Å². The third-order valence-corrected chi connectivity index (χ3v) is 4.25. The molecule has 0 aliphatic carbocycles. The SMILES string of the molecule is CNC(=O)C1CCN(C(=O)Nc2ccc(C)c(C(C)C)c2)C1. The van der Waals surface area contributed by atoms with Crippen molar-refractivity contribution in [1.29, 1.82) is 0 Å². The van der Waals surface area contributed by atoms with Gasteiger partial charge in [-0.15, -0.1) is 0 Å². The van der Waals surface area contributed by atoms with Crippen LogP contribution >= 0.6 is 0 Å². The summed E-state index contributed by atoms with van der Waals surface area (Å²) in [5, 5.41) is 5.58. The molecular formula is C17H25N3O2. The largest absolute Gasteiger partial charge is 0.359 e. The van der Waals surface area contributed by atoms with Crippen LogP contribution in [0.3, 0.4) is 0 Å². The van der Waals surface area contributed by atoms with Gasteiger partial charge in [0.2, 0.25) is 5.91 Å². The number of aryl methyl sites for hydroxylation is 1. The number of nitrogens with one attached hydrogen (secondary N) is 2. The number of carbonyl (C=O) groups is 2. The van der Waals surface area contributed by atoms with Crippen molar-refractivity contribution in [3.63, 3.8) is 0 Å². The van der Waals surface area contributed by atoms with E-state index in [1.54, 1.807) is 11.9 Å². The predicted octanol–water partition coefficient (Wildman–Crippen LogP) is 2.72. The molecule has 0 saturated carbocycles. The molecule has 1 unspecified atom stereocenters. The molecule has 3 amide bonds. The Labute approximate surface area is 132 Å². The van der Waals surface area contributed by atoms with Crippen LogP contribution in [0.1, 0.15) is 37.3 Å². The van der Waals surface area contributed by atoms with E-state index in [4.69, 9.17) is 0 Å². The van der Waals surface area contributed by atoms with Crippen LogP contribution in [0, 0.1) is 12.8 Å². The molecule has 1 aliphatic heterocycles. The summed E-state index contributed by atoms with van der Waals surface area (Å²) in [6.45, 7) is 7.46. The smallest absolute Gasteiger partial charge is 0.321 e. The molecule has 0 bridgehead atoms. The van der Waals surface area contributed by atoms with Crippen molar-refractivity contribution in [3.8, 4) is 0 Å². The predicted molar refractivity (Wildman–Crippen MR) is 88.0 cm³/mol. The average Bonchev–Trinajstić information content (AvgIpc) is 2.98. The topological polar surface area (TPSA) is 61.4 Å². The molecule has 0 aromatic heterocycles. The highest BCUT2D eigenvalue weighted by atomic mass is 16.2. The Kier molecular flexibility index (Phi) is 5.06. The monoisotopic (exact) mass is 303 g/mol. The zero-order valence-electron chi connectivity index (χ0n) is 13.8. The van der Waals surface area contributed by atoms with Gasteiger partial charge in [-0.25, -0.2) is 4.79 Å².